The average Bonchev–Trinajstić information content (AvgIpc) is 3.00. The third kappa shape index (κ3) is 3.37. The highest BCUT2D eigenvalue weighted by molar-refractivity contribution is 6.39. The lowest BCUT2D eigenvalue weighted by Crippen LogP contribution is -2.12. The summed E-state index contributed by atoms with van der Waals surface area (Å²) in [4.78, 5) is 20.4. The number of aromatic nitrogens is 3. The molecule has 0 radical (unpaired) electrons. The molecule has 0 bridgehead atoms. The summed E-state index contributed by atoms with van der Waals surface area (Å²) in [5.41, 5.74) is 3.65. The molecule has 0 atom stereocenters. The van der Waals surface area contributed by atoms with Crippen molar-refractivity contribution in [2.45, 2.75) is 19.8 Å². The zero-order valence-electron chi connectivity index (χ0n) is 16.0. The lowest BCUT2D eigenvalue weighted by molar-refractivity contribution is 0.288. The molecule has 0 aliphatic rings. The molecule has 0 amide bonds. The van der Waals surface area contributed by atoms with Crippen LogP contribution in [0.5, 0.6) is 0 Å². The summed E-state index contributed by atoms with van der Waals surface area (Å²) in [5.74, 6) is 0.527. The molecule has 2 aromatic heterocycles. The molecule has 8 heteroatoms. The third-order valence-corrected chi connectivity index (χ3v) is 5.76. The molecule has 0 saturated carbocycles. The van der Waals surface area contributed by atoms with Gasteiger partial charge < -0.3 is 20.0 Å². The van der Waals surface area contributed by atoms with Gasteiger partial charge in [0.1, 0.15) is 0 Å². The lowest BCUT2D eigenvalue weighted by Gasteiger charge is -2.12. The monoisotopic (exact) mass is 430 g/mol. The maximum absolute atomic E-state index is 12.9. The normalized spacial score (nSPS) is 11.5. The van der Waals surface area contributed by atoms with Gasteiger partial charge in [-0.05, 0) is 48.9 Å². The van der Waals surface area contributed by atoms with Gasteiger partial charge in [0.15, 0.2) is 0 Å². The summed E-state index contributed by atoms with van der Waals surface area (Å²) >= 11 is 12.6. The van der Waals surface area contributed by atoms with E-state index in [4.69, 9.17) is 23.2 Å². The van der Waals surface area contributed by atoms with Crippen LogP contribution in [0, 0.1) is 6.92 Å². The number of nitrogens with one attached hydrogen (secondary N) is 2. The number of imidazole rings is 1. The van der Waals surface area contributed by atoms with E-state index >= 15 is 0 Å². The zero-order valence-corrected chi connectivity index (χ0v) is 17.5. The van der Waals surface area contributed by atoms with Gasteiger partial charge in [-0.15, -0.1) is 0 Å². The number of aliphatic hydroxyl groups excluding tert-OH is 1. The Kier molecular flexibility index (Phi) is 5.25. The van der Waals surface area contributed by atoms with Crippen LogP contribution in [0.4, 0.5) is 11.6 Å². The third-order valence-electron chi connectivity index (χ3n) is 5.13. The number of hydrogen-bond donors (Lipinski definition) is 3. The zero-order chi connectivity index (χ0) is 20.7. The van der Waals surface area contributed by atoms with Crippen LogP contribution in [0.15, 0.2) is 35.1 Å². The molecule has 2 aromatic carbocycles. The second-order valence-corrected chi connectivity index (χ2v) is 7.77. The van der Waals surface area contributed by atoms with E-state index < -0.39 is 0 Å². The largest absolute Gasteiger partial charge is 0.396 e. The number of halogens is 2. The second-order valence-electron chi connectivity index (χ2n) is 6.96. The summed E-state index contributed by atoms with van der Waals surface area (Å²) in [6.07, 6.45) is 1.31. The van der Waals surface area contributed by atoms with Crippen molar-refractivity contribution >= 4 is 56.6 Å². The maximum atomic E-state index is 12.9. The van der Waals surface area contributed by atoms with Gasteiger partial charge in [-0.1, -0.05) is 35.3 Å². The number of aliphatic hydroxyl groups is 1. The minimum Gasteiger partial charge on any atom is -0.396 e. The Labute approximate surface area is 177 Å². The van der Waals surface area contributed by atoms with E-state index in [0.717, 1.165) is 22.2 Å². The van der Waals surface area contributed by atoms with E-state index in [1.165, 1.54) is 0 Å². The molecule has 0 unspecified atom stereocenters. The van der Waals surface area contributed by atoms with Crippen LogP contribution in [-0.2, 0) is 13.5 Å². The molecule has 4 rings (SSSR count). The van der Waals surface area contributed by atoms with Crippen LogP contribution < -0.4 is 10.9 Å². The Bertz CT molecular complexity index is 1270. The number of nitrogens with zero attached hydrogens (tertiary/aromatic N) is 2. The molecule has 29 heavy (non-hydrogen) atoms. The van der Waals surface area contributed by atoms with Crippen molar-refractivity contribution in [1.82, 2.24) is 14.5 Å². The van der Waals surface area contributed by atoms with Crippen LogP contribution in [0.2, 0.25) is 10.0 Å². The number of benzene rings is 2. The first-order valence-electron chi connectivity index (χ1n) is 9.25. The molecule has 0 aliphatic heterocycles. The fourth-order valence-electron chi connectivity index (χ4n) is 3.72. The summed E-state index contributed by atoms with van der Waals surface area (Å²) in [7, 11) is 1.84. The Hall–Kier alpha value is -2.54. The number of anilines is 2. The van der Waals surface area contributed by atoms with Gasteiger partial charge in [-0.3, -0.25) is 4.79 Å². The Morgan fingerprint density at radius 3 is 2.62 bits per heavy atom. The van der Waals surface area contributed by atoms with Crippen molar-refractivity contribution in [3.63, 3.8) is 0 Å². The standard InChI is InChI=1S/C21H20Cl2N4O2/c1-11-12(5-4-10-28)13-8-9-16-19(17(13)20(29)24-11)27(2)21(25-16)26-18-14(22)6-3-7-15(18)23/h3,6-9,28H,4-5,10H2,1-2H3,(H,24,29)(H,25,26). The van der Waals surface area contributed by atoms with E-state index in [2.05, 4.69) is 15.3 Å². The van der Waals surface area contributed by atoms with Gasteiger partial charge in [0.2, 0.25) is 5.95 Å². The maximum Gasteiger partial charge on any atom is 0.258 e. The number of fused-ring (bicyclic) bond motifs is 3. The fraction of sp³-hybridized carbons (Fsp3) is 0.238. The second kappa shape index (κ2) is 7.71. The van der Waals surface area contributed by atoms with Gasteiger partial charge in [-0.25, -0.2) is 4.98 Å². The lowest BCUT2D eigenvalue weighted by atomic mass is 9.99. The van der Waals surface area contributed by atoms with Crippen molar-refractivity contribution < 1.29 is 5.11 Å². The predicted octanol–water partition coefficient (Wildman–Crippen LogP) is 4.70. The van der Waals surface area contributed by atoms with Crippen LogP contribution in [0.1, 0.15) is 17.7 Å². The molecule has 150 valence electrons. The van der Waals surface area contributed by atoms with Crippen LogP contribution in [-0.4, -0.2) is 26.2 Å². The number of pyridine rings is 1. The van der Waals surface area contributed by atoms with Crippen LogP contribution in [0.25, 0.3) is 21.8 Å². The van der Waals surface area contributed by atoms with E-state index in [-0.39, 0.29) is 12.2 Å². The highest BCUT2D eigenvalue weighted by atomic mass is 35.5. The molecule has 0 aliphatic carbocycles. The van der Waals surface area contributed by atoms with Gasteiger partial charge in [-0.2, -0.15) is 0 Å². The number of para-hydroxylation sites is 1. The first-order valence-corrected chi connectivity index (χ1v) is 10.0. The van der Waals surface area contributed by atoms with E-state index in [1.54, 1.807) is 18.2 Å². The molecular formula is C21H20Cl2N4O2. The SMILES string of the molecule is Cc1[nH]c(=O)c2c(ccc3nc(Nc4c(Cl)cccc4Cl)n(C)c32)c1CCCO. The molecule has 0 saturated heterocycles. The molecule has 0 spiro atoms. The van der Waals surface area contributed by atoms with Crippen molar-refractivity contribution in [2.24, 2.45) is 7.05 Å². The molecule has 0 fully saturated rings. The van der Waals surface area contributed by atoms with Crippen molar-refractivity contribution in [3.05, 3.63) is 62.0 Å². The number of rotatable bonds is 5. The van der Waals surface area contributed by atoms with Gasteiger partial charge in [0, 0.05) is 19.3 Å². The topological polar surface area (TPSA) is 82.9 Å². The van der Waals surface area contributed by atoms with Gasteiger partial charge in [0.05, 0.1) is 32.2 Å². The van der Waals surface area contributed by atoms with Crippen LogP contribution in [0.3, 0.4) is 0 Å². The molecule has 3 N–H and O–H groups in total. The fourth-order valence-corrected chi connectivity index (χ4v) is 4.21. The van der Waals surface area contributed by atoms with Crippen molar-refractivity contribution in [3.8, 4) is 0 Å². The Morgan fingerprint density at radius 1 is 1.21 bits per heavy atom. The highest BCUT2D eigenvalue weighted by Gasteiger charge is 2.18. The van der Waals surface area contributed by atoms with E-state index in [1.807, 2.05) is 30.7 Å². The summed E-state index contributed by atoms with van der Waals surface area (Å²) in [5, 5.41) is 14.8. The van der Waals surface area contributed by atoms with E-state index in [9.17, 15) is 9.90 Å². The van der Waals surface area contributed by atoms with Gasteiger partial charge >= 0.3 is 0 Å². The number of aryl methyl sites for hydroxylation is 3. The predicted molar refractivity (Wildman–Crippen MR) is 119 cm³/mol. The van der Waals surface area contributed by atoms with E-state index in [0.29, 0.717) is 45.4 Å². The Balaban J connectivity index is 1.95. The smallest absolute Gasteiger partial charge is 0.258 e. The summed E-state index contributed by atoms with van der Waals surface area (Å²) < 4.78 is 1.83. The summed E-state index contributed by atoms with van der Waals surface area (Å²) in [6.45, 7) is 1.98. The molecule has 2 heterocycles. The minimum absolute atomic E-state index is 0.0979. The Morgan fingerprint density at radius 2 is 1.93 bits per heavy atom. The number of H-pyrrole nitrogens is 1. The first kappa shape index (κ1) is 19.8. The number of hydrogen-bond acceptors (Lipinski definition) is 4. The molecular weight excluding hydrogens is 411 g/mol. The quantitative estimate of drug-likeness (QED) is 0.428. The van der Waals surface area contributed by atoms with Crippen LogP contribution >= 0.6 is 23.2 Å². The first-order chi connectivity index (χ1) is 13.9. The molecule has 6 nitrogen and oxygen atoms in total. The highest BCUT2D eigenvalue weighted by Crippen LogP contribution is 2.34. The van der Waals surface area contributed by atoms with Gasteiger partial charge in [0.25, 0.3) is 5.56 Å². The minimum atomic E-state index is -0.166. The number of aromatic amines is 1. The van der Waals surface area contributed by atoms with Crippen molar-refractivity contribution in [1.29, 1.82) is 0 Å². The summed E-state index contributed by atoms with van der Waals surface area (Å²) in [6, 6.07) is 9.09. The molecule has 4 aromatic rings. The average molecular weight is 431 g/mol. The van der Waals surface area contributed by atoms with Crippen molar-refractivity contribution in [2.75, 3.05) is 11.9 Å².